The van der Waals surface area contributed by atoms with E-state index in [-0.39, 0.29) is 11.9 Å². The predicted molar refractivity (Wildman–Crippen MR) is 179 cm³/mol. The minimum Gasteiger partial charge on any atom is -0.444 e. The maximum atomic E-state index is 12.6. The average Bonchev–Trinajstić information content (AvgIpc) is 3.68. The number of nitrogens with zero attached hydrogens (tertiary/aromatic N) is 5. The first-order valence-corrected chi connectivity index (χ1v) is 16.0. The molecule has 2 heterocycles. The van der Waals surface area contributed by atoms with Gasteiger partial charge in [-0.3, -0.25) is 5.32 Å². The molecule has 1 aromatic heterocycles. The van der Waals surface area contributed by atoms with Gasteiger partial charge in [0.25, 0.3) is 0 Å². The summed E-state index contributed by atoms with van der Waals surface area (Å²) in [6.45, 7) is 13.8. The molecule has 0 spiro atoms. The smallest absolute Gasteiger partial charge is 0.437 e. The van der Waals surface area contributed by atoms with E-state index < -0.39 is 23.4 Å². The lowest BCUT2D eigenvalue weighted by molar-refractivity contribution is 0.0555. The van der Waals surface area contributed by atoms with E-state index >= 15 is 0 Å². The van der Waals surface area contributed by atoms with E-state index in [4.69, 9.17) is 18.8 Å². The van der Waals surface area contributed by atoms with Crippen molar-refractivity contribution in [3.63, 3.8) is 0 Å². The van der Waals surface area contributed by atoms with Crippen molar-refractivity contribution in [1.29, 1.82) is 0 Å². The second-order valence-electron chi connectivity index (χ2n) is 13.5. The molecule has 0 radical (unpaired) electrons. The standard InChI is InChI=1S/C35H46N6O6/c1-24(39-44-22-12-11-15-25-13-9-8-10-14-25)26-16-18-27(19-17-26)29-36-30(47-40-29)28-20-21-41(23-28)31(37-32(42)45-34(2,3)4)38-33(43)46-35(5,6)7/h8-10,13-14,16-19,28H,11-12,15,20-23H2,1-7H3,(H,37,38,42,43)/t28-/m1/s1. The fourth-order valence-corrected chi connectivity index (χ4v) is 4.81. The van der Waals surface area contributed by atoms with Crippen molar-refractivity contribution < 1.29 is 28.4 Å². The van der Waals surface area contributed by atoms with Crippen molar-refractivity contribution >= 4 is 23.9 Å². The van der Waals surface area contributed by atoms with Crippen molar-refractivity contribution in [2.24, 2.45) is 10.1 Å². The summed E-state index contributed by atoms with van der Waals surface area (Å²) in [6, 6.07) is 18.1. The molecule has 2 amide bonds. The fourth-order valence-electron chi connectivity index (χ4n) is 4.81. The number of nitrogens with one attached hydrogen (secondary N) is 1. The predicted octanol–water partition coefficient (Wildman–Crippen LogP) is 7.11. The molecule has 0 bridgehead atoms. The van der Waals surface area contributed by atoms with Crippen LogP contribution in [0, 0.1) is 0 Å². The number of rotatable bonds is 9. The molecular formula is C35H46N6O6. The fraction of sp³-hybridized carbons (Fsp3) is 0.486. The number of oxime groups is 1. The van der Waals surface area contributed by atoms with Crippen molar-refractivity contribution in [2.45, 2.75) is 91.3 Å². The first-order chi connectivity index (χ1) is 22.3. The molecule has 1 aliphatic heterocycles. The Morgan fingerprint density at radius 2 is 1.68 bits per heavy atom. The van der Waals surface area contributed by atoms with Crippen LogP contribution in [0.1, 0.15) is 90.7 Å². The van der Waals surface area contributed by atoms with Gasteiger partial charge in [0, 0.05) is 18.7 Å². The van der Waals surface area contributed by atoms with Gasteiger partial charge in [0.1, 0.15) is 17.8 Å². The highest BCUT2D eigenvalue weighted by atomic mass is 16.6. The van der Waals surface area contributed by atoms with E-state index in [0.29, 0.717) is 37.8 Å². The quantitative estimate of drug-likeness (QED) is 0.111. The number of alkyl carbamates (subject to hydrolysis) is 1. The van der Waals surface area contributed by atoms with Crippen molar-refractivity contribution in [1.82, 2.24) is 20.4 Å². The Kier molecular flexibility index (Phi) is 11.7. The normalized spacial score (nSPS) is 15.8. The van der Waals surface area contributed by atoms with Crippen molar-refractivity contribution in [3.05, 3.63) is 71.6 Å². The number of hydrogen-bond donors (Lipinski definition) is 1. The van der Waals surface area contributed by atoms with Crippen LogP contribution in [0.3, 0.4) is 0 Å². The Morgan fingerprint density at radius 1 is 0.979 bits per heavy atom. The second kappa shape index (κ2) is 15.7. The van der Waals surface area contributed by atoms with Gasteiger partial charge < -0.3 is 23.7 Å². The summed E-state index contributed by atoms with van der Waals surface area (Å²) < 4.78 is 16.4. The number of benzene rings is 2. The number of aromatic nitrogens is 2. The van der Waals surface area contributed by atoms with Crippen LogP contribution in [0.2, 0.25) is 0 Å². The summed E-state index contributed by atoms with van der Waals surface area (Å²) in [7, 11) is 0. The summed E-state index contributed by atoms with van der Waals surface area (Å²) in [6.07, 6.45) is 2.11. The van der Waals surface area contributed by atoms with Crippen LogP contribution in [0.4, 0.5) is 9.59 Å². The number of aliphatic imine (C=N–C) groups is 1. The Hall–Kier alpha value is -4.74. The number of unbranched alkanes of at least 4 members (excludes halogenated alkanes) is 1. The molecule has 47 heavy (non-hydrogen) atoms. The Balaban J connectivity index is 1.33. The van der Waals surface area contributed by atoms with Crippen LogP contribution < -0.4 is 5.32 Å². The molecule has 1 N–H and O–H groups in total. The maximum Gasteiger partial charge on any atom is 0.437 e. The number of aryl methyl sites for hydroxylation is 1. The summed E-state index contributed by atoms with van der Waals surface area (Å²) in [5.74, 6) is 0.821. The molecule has 12 heteroatoms. The molecule has 0 unspecified atom stereocenters. The SMILES string of the molecule is CC(=NOCCCCc1ccccc1)c1ccc(-c2noc([C@@H]3CCN(C(=NC(=O)OC(C)(C)C)NC(=O)OC(C)(C)C)C3)n2)cc1. The molecule has 2 aromatic carbocycles. The summed E-state index contributed by atoms with van der Waals surface area (Å²) in [5.41, 5.74) is 2.37. The van der Waals surface area contributed by atoms with E-state index in [2.05, 4.69) is 49.9 Å². The molecule has 0 aliphatic carbocycles. The molecular weight excluding hydrogens is 600 g/mol. The summed E-state index contributed by atoms with van der Waals surface area (Å²) in [4.78, 5) is 41.1. The highest BCUT2D eigenvalue weighted by molar-refractivity contribution is 5.99. The zero-order valence-electron chi connectivity index (χ0n) is 28.4. The highest BCUT2D eigenvalue weighted by Gasteiger charge is 2.32. The van der Waals surface area contributed by atoms with Gasteiger partial charge in [-0.15, -0.1) is 4.99 Å². The highest BCUT2D eigenvalue weighted by Crippen LogP contribution is 2.28. The lowest BCUT2D eigenvalue weighted by atomic mass is 10.1. The first-order valence-electron chi connectivity index (χ1n) is 16.0. The number of amides is 2. The van der Waals surface area contributed by atoms with Crippen LogP contribution in [-0.2, 0) is 20.7 Å². The van der Waals surface area contributed by atoms with Crippen molar-refractivity contribution in [3.8, 4) is 11.4 Å². The third-order valence-electron chi connectivity index (χ3n) is 7.04. The lowest BCUT2D eigenvalue weighted by Gasteiger charge is -2.24. The Labute approximate surface area is 276 Å². The molecule has 252 valence electrons. The molecule has 12 nitrogen and oxygen atoms in total. The van der Waals surface area contributed by atoms with Crippen molar-refractivity contribution in [2.75, 3.05) is 19.7 Å². The average molecular weight is 647 g/mol. The number of carbonyl (C=O) groups excluding carboxylic acids is 2. The van der Waals surface area contributed by atoms with Crippen LogP contribution in [0.5, 0.6) is 0 Å². The molecule has 3 aromatic rings. The zero-order valence-corrected chi connectivity index (χ0v) is 28.4. The topological polar surface area (TPSA) is 141 Å². The minimum atomic E-state index is -0.818. The van der Waals surface area contributed by atoms with Crippen LogP contribution in [0.25, 0.3) is 11.4 Å². The molecule has 4 rings (SSSR count). The lowest BCUT2D eigenvalue weighted by Crippen LogP contribution is -2.45. The van der Waals surface area contributed by atoms with Crippen LogP contribution >= 0.6 is 0 Å². The van der Waals surface area contributed by atoms with Gasteiger partial charge in [-0.2, -0.15) is 4.98 Å². The third kappa shape index (κ3) is 11.5. The molecule has 1 fully saturated rings. The number of ether oxygens (including phenoxy) is 2. The zero-order chi connectivity index (χ0) is 34.0. The van der Waals surface area contributed by atoms with Gasteiger partial charge in [-0.1, -0.05) is 64.9 Å². The number of guanidine groups is 1. The Morgan fingerprint density at radius 3 is 2.36 bits per heavy atom. The van der Waals surface area contributed by atoms with Gasteiger partial charge in [0.15, 0.2) is 0 Å². The molecule has 1 atom stereocenters. The first kappa shape index (κ1) is 35.1. The van der Waals surface area contributed by atoms with Gasteiger partial charge in [-0.25, -0.2) is 9.59 Å². The third-order valence-corrected chi connectivity index (χ3v) is 7.04. The summed E-state index contributed by atoms with van der Waals surface area (Å²) in [5, 5.41) is 11.1. The van der Waals surface area contributed by atoms with Crippen LogP contribution in [0.15, 0.2) is 69.3 Å². The number of hydrogen-bond acceptors (Lipinski definition) is 9. The molecule has 1 aliphatic rings. The molecule has 1 saturated heterocycles. The van der Waals surface area contributed by atoms with E-state index in [1.807, 2.05) is 37.3 Å². The van der Waals surface area contributed by atoms with Crippen LogP contribution in [-0.4, -0.2) is 69.8 Å². The van der Waals surface area contributed by atoms with Gasteiger partial charge in [0.2, 0.25) is 17.7 Å². The van der Waals surface area contributed by atoms with Gasteiger partial charge in [0.05, 0.1) is 11.6 Å². The maximum absolute atomic E-state index is 12.6. The second-order valence-corrected chi connectivity index (χ2v) is 13.5. The summed E-state index contributed by atoms with van der Waals surface area (Å²) >= 11 is 0. The number of carbonyl (C=O) groups is 2. The molecule has 0 saturated carbocycles. The minimum absolute atomic E-state index is 0.0412. The van der Waals surface area contributed by atoms with E-state index in [1.165, 1.54) is 5.56 Å². The van der Waals surface area contributed by atoms with E-state index in [9.17, 15) is 9.59 Å². The monoisotopic (exact) mass is 646 g/mol. The number of likely N-dealkylation sites (tertiary alicyclic amines) is 1. The van der Waals surface area contributed by atoms with E-state index in [1.54, 1.807) is 46.4 Å². The van der Waals surface area contributed by atoms with Gasteiger partial charge in [-0.05, 0) is 85.3 Å². The van der Waals surface area contributed by atoms with Gasteiger partial charge >= 0.3 is 12.2 Å². The van der Waals surface area contributed by atoms with E-state index in [0.717, 1.165) is 36.1 Å². The Bertz CT molecular complexity index is 1540. The largest absolute Gasteiger partial charge is 0.444 e.